The molecule has 0 saturated heterocycles. The third-order valence-electron chi connectivity index (χ3n) is 2.24. The van der Waals surface area contributed by atoms with Crippen molar-refractivity contribution in [1.82, 2.24) is 9.97 Å². The number of rotatable bonds is 3. The van der Waals surface area contributed by atoms with Crippen LogP contribution in [0.5, 0.6) is 0 Å². The molecule has 2 aromatic rings. The summed E-state index contributed by atoms with van der Waals surface area (Å²) in [5, 5.41) is 3.66. The summed E-state index contributed by atoms with van der Waals surface area (Å²) < 4.78 is 0.890. The first-order chi connectivity index (χ1) is 8.15. The molecule has 0 aromatic carbocycles. The van der Waals surface area contributed by atoms with Gasteiger partial charge < -0.3 is 5.32 Å². The Morgan fingerprint density at radius 3 is 2.82 bits per heavy atom. The number of hydrogen-bond acceptors (Lipinski definition) is 3. The Bertz CT molecular complexity index is 514. The fourth-order valence-corrected chi connectivity index (χ4v) is 1.84. The molecule has 2 heterocycles. The Morgan fingerprint density at radius 1 is 1.29 bits per heavy atom. The minimum Gasteiger partial charge on any atom is -0.377 e. The van der Waals surface area contributed by atoms with Crippen LogP contribution in [0.25, 0.3) is 0 Å². The number of pyridine rings is 2. The summed E-state index contributed by atoms with van der Waals surface area (Å²) in [5.41, 5.74) is 2.91. The number of aromatic nitrogens is 2. The standard InChI is InChI=1S/C12H11BrClN3/c1-8-2-3-10(15-5-8)7-16-11-4-9(13)6-17-12(11)14/h2-6,16H,7H2,1H3. The van der Waals surface area contributed by atoms with Crippen molar-refractivity contribution in [2.45, 2.75) is 13.5 Å². The fourth-order valence-electron chi connectivity index (χ4n) is 1.34. The Morgan fingerprint density at radius 2 is 2.12 bits per heavy atom. The Kier molecular flexibility index (Phi) is 3.97. The zero-order valence-corrected chi connectivity index (χ0v) is 11.6. The minimum absolute atomic E-state index is 0.459. The molecule has 3 nitrogen and oxygen atoms in total. The highest BCUT2D eigenvalue weighted by atomic mass is 79.9. The maximum atomic E-state index is 5.97. The molecule has 0 amide bonds. The predicted octanol–water partition coefficient (Wildman–Crippen LogP) is 3.81. The average Bonchev–Trinajstić information content (AvgIpc) is 2.32. The highest BCUT2D eigenvalue weighted by molar-refractivity contribution is 9.10. The number of aryl methyl sites for hydroxylation is 1. The van der Waals surface area contributed by atoms with Gasteiger partial charge in [0.1, 0.15) is 0 Å². The molecule has 0 radical (unpaired) electrons. The number of nitrogens with zero attached hydrogens (tertiary/aromatic N) is 2. The van der Waals surface area contributed by atoms with Crippen molar-refractivity contribution >= 4 is 33.2 Å². The van der Waals surface area contributed by atoms with E-state index in [-0.39, 0.29) is 0 Å². The molecule has 0 bridgehead atoms. The van der Waals surface area contributed by atoms with Gasteiger partial charge in [0.15, 0.2) is 5.15 Å². The molecule has 5 heteroatoms. The van der Waals surface area contributed by atoms with Crippen molar-refractivity contribution in [1.29, 1.82) is 0 Å². The molecular weight excluding hydrogens is 302 g/mol. The molecule has 0 aliphatic rings. The first-order valence-corrected chi connectivity index (χ1v) is 6.29. The molecule has 0 saturated carbocycles. The summed E-state index contributed by atoms with van der Waals surface area (Å²) in [7, 11) is 0. The van der Waals surface area contributed by atoms with E-state index in [1.165, 1.54) is 0 Å². The Balaban J connectivity index is 2.07. The lowest BCUT2D eigenvalue weighted by Crippen LogP contribution is -2.02. The molecule has 2 aromatic heterocycles. The Hall–Kier alpha value is -1.13. The van der Waals surface area contributed by atoms with E-state index in [4.69, 9.17) is 11.6 Å². The summed E-state index contributed by atoms with van der Waals surface area (Å²) in [5.74, 6) is 0. The molecule has 88 valence electrons. The molecule has 2 rings (SSSR count). The molecule has 0 aliphatic carbocycles. The summed E-state index contributed by atoms with van der Waals surface area (Å²) in [6, 6.07) is 5.91. The van der Waals surface area contributed by atoms with Gasteiger partial charge in [-0.05, 0) is 40.5 Å². The van der Waals surface area contributed by atoms with Crippen LogP contribution in [0, 0.1) is 6.92 Å². The van der Waals surface area contributed by atoms with Crippen LogP contribution in [-0.4, -0.2) is 9.97 Å². The van der Waals surface area contributed by atoms with Gasteiger partial charge in [-0.3, -0.25) is 4.98 Å². The molecule has 0 aliphatic heterocycles. The maximum absolute atomic E-state index is 5.97. The van der Waals surface area contributed by atoms with Gasteiger partial charge in [0.05, 0.1) is 17.9 Å². The van der Waals surface area contributed by atoms with Crippen LogP contribution in [0.2, 0.25) is 5.15 Å². The molecule has 0 spiro atoms. The summed E-state index contributed by atoms with van der Waals surface area (Å²) in [6.07, 6.45) is 3.51. The molecule has 1 N–H and O–H groups in total. The van der Waals surface area contributed by atoms with E-state index < -0.39 is 0 Å². The highest BCUT2D eigenvalue weighted by Gasteiger charge is 2.02. The summed E-state index contributed by atoms with van der Waals surface area (Å²) >= 11 is 9.33. The first-order valence-electron chi connectivity index (χ1n) is 5.11. The van der Waals surface area contributed by atoms with E-state index in [0.717, 1.165) is 21.4 Å². The van der Waals surface area contributed by atoms with Crippen LogP contribution in [0.3, 0.4) is 0 Å². The summed E-state index contributed by atoms with van der Waals surface area (Å²) in [6.45, 7) is 2.64. The van der Waals surface area contributed by atoms with Crippen molar-refractivity contribution in [2.75, 3.05) is 5.32 Å². The smallest absolute Gasteiger partial charge is 0.152 e. The number of hydrogen-bond donors (Lipinski definition) is 1. The normalized spacial score (nSPS) is 10.3. The van der Waals surface area contributed by atoms with Gasteiger partial charge in [0.2, 0.25) is 0 Å². The molecular formula is C12H11BrClN3. The lowest BCUT2D eigenvalue weighted by Gasteiger charge is -2.07. The average molecular weight is 313 g/mol. The second kappa shape index (κ2) is 5.47. The fraction of sp³-hybridized carbons (Fsp3) is 0.167. The molecule has 0 unspecified atom stereocenters. The number of nitrogens with one attached hydrogen (secondary N) is 1. The van der Waals surface area contributed by atoms with E-state index in [2.05, 4.69) is 31.2 Å². The van der Waals surface area contributed by atoms with Gasteiger partial charge in [-0.15, -0.1) is 0 Å². The van der Waals surface area contributed by atoms with Crippen molar-refractivity contribution in [3.8, 4) is 0 Å². The van der Waals surface area contributed by atoms with Gasteiger partial charge in [-0.25, -0.2) is 4.98 Å². The van der Waals surface area contributed by atoms with Crippen LogP contribution in [0.4, 0.5) is 5.69 Å². The van der Waals surface area contributed by atoms with E-state index in [9.17, 15) is 0 Å². The molecule has 17 heavy (non-hydrogen) atoms. The van der Waals surface area contributed by atoms with Crippen LogP contribution in [0.15, 0.2) is 35.1 Å². The third kappa shape index (κ3) is 3.41. The Labute approximate surface area is 113 Å². The maximum Gasteiger partial charge on any atom is 0.152 e. The first kappa shape index (κ1) is 12.3. The lowest BCUT2D eigenvalue weighted by molar-refractivity contribution is 1.03. The van der Waals surface area contributed by atoms with Crippen LogP contribution < -0.4 is 5.32 Å². The number of halogens is 2. The van der Waals surface area contributed by atoms with Gasteiger partial charge in [-0.1, -0.05) is 17.7 Å². The van der Waals surface area contributed by atoms with E-state index in [1.807, 2.05) is 31.3 Å². The van der Waals surface area contributed by atoms with Crippen molar-refractivity contribution in [3.63, 3.8) is 0 Å². The van der Waals surface area contributed by atoms with Crippen LogP contribution in [0.1, 0.15) is 11.3 Å². The molecule has 0 atom stereocenters. The van der Waals surface area contributed by atoms with Gasteiger partial charge >= 0.3 is 0 Å². The van der Waals surface area contributed by atoms with Crippen LogP contribution >= 0.6 is 27.5 Å². The minimum atomic E-state index is 0.459. The SMILES string of the molecule is Cc1ccc(CNc2cc(Br)cnc2Cl)nc1. The summed E-state index contributed by atoms with van der Waals surface area (Å²) in [4.78, 5) is 8.35. The topological polar surface area (TPSA) is 37.8 Å². The zero-order chi connectivity index (χ0) is 12.3. The quantitative estimate of drug-likeness (QED) is 0.876. The lowest BCUT2D eigenvalue weighted by atomic mass is 10.3. The largest absolute Gasteiger partial charge is 0.377 e. The third-order valence-corrected chi connectivity index (χ3v) is 2.97. The monoisotopic (exact) mass is 311 g/mol. The van der Waals surface area contributed by atoms with Crippen molar-refractivity contribution in [2.24, 2.45) is 0 Å². The van der Waals surface area contributed by atoms with E-state index >= 15 is 0 Å². The second-order valence-electron chi connectivity index (χ2n) is 3.67. The van der Waals surface area contributed by atoms with E-state index in [0.29, 0.717) is 11.7 Å². The van der Waals surface area contributed by atoms with Crippen molar-refractivity contribution in [3.05, 3.63) is 51.5 Å². The molecule has 0 fully saturated rings. The number of anilines is 1. The van der Waals surface area contributed by atoms with Gasteiger partial charge in [0, 0.05) is 16.9 Å². The highest BCUT2D eigenvalue weighted by Crippen LogP contribution is 2.23. The van der Waals surface area contributed by atoms with Crippen LogP contribution in [-0.2, 0) is 6.54 Å². The van der Waals surface area contributed by atoms with E-state index in [1.54, 1.807) is 6.20 Å². The predicted molar refractivity (Wildman–Crippen MR) is 73.2 cm³/mol. The van der Waals surface area contributed by atoms with Gasteiger partial charge in [-0.2, -0.15) is 0 Å². The second-order valence-corrected chi connectivity index (χ2v) is 4.95. The van der Waals surface area contributed by atoms with Gasteiger partial charge in [0.25, 0.3) is 0 Å². The zero-order valence-electron chi connectivity index (χ0n) is 9.24. The van der Waals surface area contributed by atoms with Crippen molar-refractivity contribution < 1.29 is 0 Å².